The second kappa shape index (κ2) is 15.6. The van der Waals surface area contributed by atoms with Gasteiger partial charge in [-0.05, 0) is 91.3 Å². The second-order valence-corrected chi connectivity index (χ2v) is 15.8. The monoisotopic (exact) mass is 841 g/mol. The fraction of sp³-hybridized carbons (Fsp3) is 0.267. The zero-order valence-electron chi connectivity index (χ0n) is 33.3. The van der Waals surface area contributed by atoms with Crippen LogP contribution < -0.4 is 15.0 Å². The Bertz CT molecular complexity index is 2720. The number of likely N-dealkylation sites (tertiary alicyclic amines) is 2. The average Bonchev–Trinajstić information content (AvgIpc) is 3.67. The summed E-state index contributed by atoms with van der Waals surface area (Å²) in [7, 11) is 1.76. The van der Waals surface area contributed by atoms with Crippen molar-refractivity contribution in [1.82, 2.24) is 33.5 Å². The van der Waals surface area contributed by atoms with E-state index in [9.17, 15) is 14.4 Å². The van der Waals surface area contributed by atoms with Crippen LogP contribution >= 0.6 is 15.9 Å². The van der Waals surface area contributed by atoms with Crippen LogP contribution in [0.25, 0.3) is 33.2 Å². The Balaban J connectivity index is 0.000000168. The molecule has 2 amide bonds. The number of halogens is 1. The van der Waals surface area contributed by atoms with E-state index in [0.29, 0.717) is 35.9 Å². The number of para-hydroxylation sites is 2. The number of carbonyl (C=O) groups excluding carboxylic acids is 2. The van der Waals surface area contributed by atoms with Crippen LogP contribution in [0.15, 0.2) is 106 Å². The van der Waals surface area contributed by atoms with Gasteiger partial charge in [0.15, 0.2) is 11.5 Å². The van der Waals surface area contributed by atoms with E-state index in [1.807, 2.05) is 122 Å². The molecule has 0 radical (unpaired) electrons. The van der Waals surface area contributed by atoms with Crippen molar-refractivity contribution in [2.24, 2.45) is 7.05 Å². The van der Waals surface area contributed by atoms with E-state index in [0.717, 1.165) is 68.2 Å². The third kappa shape index (κ3) is 7.26. The van der Waals surface area contributed by atoms with Crippen LogP contribution in [0.3, 0.4) is 0 Å². The molecule has 2 saturated heterocycles. The number of amides is 2. The Hall–Kier alpha value is -6.21. The minimum absolute atomic E-state index is 0.0227. The molecule has 3 aromatic heterocycles. The predicted octanol–water partition coefficient (Wildman–Crippen LogP) is 8.52. The molecule has 0 bridgehead atoms. The van der Waals surface area contributed by atoms with E-state index in [-0.39, 0.29) is 29.5 Å². The molecule has 0 N–H and O–H groups in total. The highest BCUT2D eigenvalue weighted by atomic mass is 79.9. The predicted molar refractivity (Wildman–Crippen MR) is 228 cm³/mol. The van der Waals surface area contributed by atoms with Gasteiger partial charge in [-0.1, -0.05) is 36.4 Å². The molecular weight excluding hydrogens is 798 g/mol. The van der Waals surface area contributed by atoms with Crippen LogP contribution in [0.2, 0.25) is 0 Å². The third-order valence-corrected chi connectivity index (χ3v) is 11.5. The van der Waals surface area contributed by atoms with Crippen LogP contribution in [0.5, 0.6) is 23.0 Å². The quantitative estimate of drug-likeness (QED) is 0.158. The lowest BCUT2D eigenvalue weighted by molar-refractivity contribution is -0.135. The van der Waals surface area contributed by atoms with Gasteiger partial charge in [-0.15, -0.1) is 0 Å². The molecule has 0 aliphatic carbocycles. The fourth-order valence-corrected chi connectivity index (χ4v) is 8.22. The first kappa shape index (κ1) is 38.7. The molecule has 0 unspecified atom stereocenters. The van der Waals surface area contributed by atoms with E-state index < -0.39 is 0 Å². The number of aromatic nitrogens is 5. The van der Waals surface area contributed by atoms with Crippen molar-refractivity contribution >= 4 is 49.8 Å². The van der Waals surface area contributed by atoms with Gasteiger partial charge >= 0.3 is 0 Å². The molecule has 2 fully saturated rings. The summed E-state index contributed by atoms with van der Waals surface area (Å²) in [6.07, 6.45) is 1.83. The summed E-state index contributed by atoms with van der Waals surface area (Å²) in [6, 6.07) is 29.8. The maximum atomic E-state index is 12.3. The van der Waals surface area contributed by atoms with Gasteiger partial charge in [0.25, 0.3) is 5.56 Å². The molecule has 58 heavy (non-hydrogen) atoms. The van der Waals surface area contributed by atoms with E-state index in [1.54, 1.807) is 25.5 Å². The first-order valence-corrected chi connectivity index (χ1v) is 20.0. The zero-order valence-corrected chi connectivity index (χ0v) is 34.9. The SMILES string of the molecule is CC(=O)N1CC(n2c(C)nc3c(Oc4ccccc4)c(-c4cc(C)c(=O)n(C)c4)ccc32)C1.CC(=O)N1CC(n2c(C)nc3c(Oc4ccccc4)c(Br)ccc32)C1. The molecule has 9 rings (SSSR count). The van der Waals surface area contributed by atoms with Crippen molar-refractivity contribution in [3.05, 3.63) is 129 Å². The van der Waals surface area contributed by atoms with Crippen molar-refractivity contribution in [2.45, 2.75) is 46.7 Å². The summed E-state index contributed by atoms with van der Waals surface area (Å²) in [5.74, 6) is 4.88. The van der Waals surface area contributed by atoms with E-state index in [2.05, 4.69) is 31.1 Å². The van der Waals surface area contributed by atoms with E-state index in [4.69, 9.17) is 19.4 Å². The minimum atomic E-state index is -0.0227. The van der Waals surface area contributed by atoms with Crippen molar-refractivity contribution < 1.29 is 19.1 Å². The molecule has 4 aromatic carbocycles. The molecule has 7 aromatic rings. The maximum absolute atomic E-state index is 12.3. The van der Waals surface area contributed by atoms with Crippen LogP contribution in [0.4, 0.5) is 0 Å². The number of imidazole rings is 2. The highest BCUT2D eigenvalue weighted by Crippen LogP contribution is 2.42. The van der Waals surface area contributed by atoms with Crippen LogP contribution in [-0.4, -0.2) is 71.5 Å². The highest BCUT2D eigenvalue weighted by Gasteiger charge is 2.34. The zero-order chi connectivity index (χ0) is 40.8. The van der Waals surface area contributed by atoms with Gasteiger partial charge in [-0.3, -0.25) is 14.4 Å². The number of hydrogen-bond donors (Lipinski definition) is 0. The summed E-state index contributed by atoms with van der Waals surface area (Å²) >= 11 is 3.58. The molecule has 2 aliphatic rings. The molecule has 13 heteroatoms. The van der Waals surface area contributed by atoms with Gasteiger partial charge in [0.2, 0.25) is 11.8 Å². The van der Waals surface area contributed by atoms with Crippen molar-refractivity contribution in [3.8, 4) is 34.1 Å². The normalized spacial score (nSPS) is 14.2. The van der Waals surface area contributed by atoms with Gasteiger partial charge in [0, 0.05) is 70.0 Å². The highest BCUT2D eigenvalue weighted by molar-refractivity contribution is 9.10. The first-order chi connectivity index (χ1) is 27.9. The van der Waals surface area contributed by atoms with Crippen LogP contribution in [-0.2, 0) is 16.6 Å². The van der Waals surface area contributed by atoms with Crippen LogP contribution in [0.1, 0.15) is 43.1 Å². The summed E-state index contributed by atoms with van der Waals surface area (Å²) in [5.41, 5.74) is 6.00. The summed E-state index contributed by atoms with van der Waals surface area (Å²) in [4.78, 5) is 48.7. The Labute approximate surface area is 344 Å². The number of pyridine rings is 1. The molecule has 0 saturated carbocycles. The lowest BCUT2D eigenvalue weighted by atomic mass is 10.0. The number of benzene rings is 4. The van der Waals surface area contributed by atoms with Crippen molar-refractivity contribution in [3.63, 3.8) is 0 Å². The van der Waals surface area contributed by atoms with Gasteiger partial charge in [-0.2, -0.15) is 0 Å². The molecule has 296 valence electrons. The number of fused-ring (bicyclic) bond motifs is 2. The lowest BCUT2D eigenvalue weighted by Crippen LogP contribution is -2.50. The number of nitrogens with zero attached hydrogens (tertiary/aromatic N) is 7. The van der Waals surface area contributed by atoms with Crippen LogP contribution in [0, 0.1) is 20.8 Å². The van der Waals surface area contributed by atoms with Gasteiger partial charge in [0.1, 0.15) is 34.2 Å². The van der Waals surface area contributed by atoms with E-state index >= 15 is 0 Å². The number of carbonyl (C=O) groups is 2. The van der Waals surface area contributed by atoms with E-state index in [1.165, 1.54) is 0 Å². The van der Waals surface area contributed by atoms with Gasteiger partial charge in [0.05, 0.1) is 27.6 Å². The second-order valence-electron chi connectivity index (χ2n) is 14.9. The fourth-order valence-electron chi connectivity index (χ4n) is 7.82. The summed E-state index contributed by atoms with van der Waals surface area (Å²) in [6.45, 7) is 11.8. The number of rotatable bonds is 7. The third-order valence-electron chi connectivity index (χ3n) is 10.9. The Kier molecular flexibility index (Phi) is 10.4. The largest absolute Gasteiger partial charge is 0.454 e. The van der Waals surface area contributed by atoms with Crippen molar-refractivity contribution in [1.29, 1.82) is 0 Å². The topological polar surface area (TPSA) is 117 Å². The molecule has 0 spiro atoms. The average molecular weight is 843 g/mol. The Morgan fingerprint density at radius 1 is 0.672 bits per heavy atom. The standard InChI is InChI=1S/C26H26N4O3.C19H18BrN3O2/c1-16-12-19(13-28(4)26(16)32)22-10-11-23-24(25(22)33-21-8-6-5-7-9-21)27-17(2)30(23)20-14-29(15-20)18(3)31;1-12-21-18-17(23(12)14-10-22(11-14)13(2)24)9-8-16(20)19(18)25-15-6-4-3-5-7-15/h5-13,20H,14-15H2,1-4H3;3-9,14H,10-11H2,1-2H3. The van der Waals surface area contributed by atoms with Gasteiger partial charge < -0.3 is 33.0 Å². The Morgan fingerprint density at radius 3 is 1.62 bits per heavy atom. The number of aryl methyl sites for hydroxylation is 4. The first-order valence-electron chi connectivity index (χ1n) is 19.2. The molecule has 2 aliphatic heterocycles. The Morgan fingerprint density at radius 2 is 1.14 bits per heavy atom. The summed E-state index contributed by atoms with van der Waals surface area (Å²) < 4.78 is 19.4. The maximum Gasteiger partial charge on any atom is 0.253 e. The number of hydrogen-bond acceptors (Lipinski definition) is 7. The smallest absolute Gasteiger partial charge is 0.253 e. The molecule has 12 nitrogen and oxygen atoms in total. The minimum Gasteiger partial charge on any atom is -0.454 e. The molecule has 5 heterocycles. The molecular formula is C45H44BrN7O5. The van der Waals surface area contributed by atoms with Gasteiger partial charge in [-0.25, -0.2) is 9.97 Å². The summed E-state index contributed by atoms with van der Waals surface area (Å²) in [5, 5.41) is 0. The lowest BCUT2D eigenvalue weighted by Gasteiger charge is -2.40. The molecule has 0 atom stereocenters. The van der Waals surface area contributed by atoms with Crippen molar-refractivity contribution in [2.75, 3.05) is 26.2 Å². The number of ether oxygens (including phenoxy) is 2.